The van der Waals surface area contributed by atoms with E-state index < -0.39 is 0 Å². The lowest BCUT2D eigenvalue weighted by Crippen LogP contribution is -2.45. The number of anilines is 1. The standard InChI is InChI=1S/C16H24N2O/c1-12-5-7-18(8-6-12)16(19)17(4)15-10-13(2)9-14(3)11-15/h9-12H,5-8H2,1-4H3. The number of urea groups is 1. The van der Waals surface area contributed by atoms with Crippen LogP contribution < -0.4 is 4.90 Å². The van der Waals surface area contributed by atoms with E-state index in [1.807, 2.05) is 11.9 Å². The summed E-state index contributed by atoms with van der Waals surface area (Å²) in [6.45, 7) is 8.16. The van der Waals surface area contributed by atoms with Crippen LogP contribution in [0, 0.1) is 19.8 Å². The summed E-state index contributed by atoms with van der Waals surface area (Å²) in [4.78, 5) is 16.2. The lowest BCUT2D eigenvalue weighted by molar-refractivity contribution is 0.181. The number of carbonyl (C=O) groups is 1. The van der Waals surface area contributed by atoms with Crippen molar-refractivity contribution in [3.05, 3.63) is 29.3 Å². The van der Waals surface area contributed by atoms with Gasteiger partial charge in [-0.05, 0) is 55.9 Å². The van der Waals surface area contributed by atoms with Gasteiger partial charge in [-0.2, -0.15) is 0 Å². The lowest BCUT2D eigenvalue weighted by Gasteiger charge is -2.33. The topological polar surface area (TPSA) is 23.6 Å². The first-order valence-corrected chi connectivity index (χ1v) is 7.08. The van der Waals surface area contributed by atoms with E-state index in [1.165, 1.54) is 11.1 Å². The second-order valence-electron chi connectivity index (χ2n) is 5.86. The molecule has 1 aromatic rings. The number of amides is 2. The molecule has 3 nitrogen and oxygen atoms in total. The van der Waals surface area contributed by atoms with E-state index in [2.05, 4.69) is 39.0 Å². The number of likely N-dealkylation sites (tertiary alicyclic amines) is 1. The fourth-order valence-corrected chi connectivity index (χ4v) is 2.67. The minimum atomic E-state index is 0.122. The molecule has 1 aromatic carbocycles. The quantitative estimate of drug-likeness (QED) is 0.757. The molecular formula is C16H24N2O. The van der Waals surface area contributed by atoms with E-state index >= 15 is 0 Å². The molecule has 0 radical (unpaired) electrons. The van der Waals surface area contributed by atoms with Crippen molar-refractivity contribution < 1.29 is 4.79 Å². The molecule has 2 amide bonds. The first kappa shape index (κ1) is 13.9. The Morgan fingerprint density at radius 2 is 1.68 bits per heavy atom. The van der Waals surface area contributed by atoms with Crippen molar-refractivity contribution >= 4 is 11.7 Å². The predicted octanol–water partition coefficient (Wildman–Crippen LogP) is 3.59. The second kappa shape index (κ2) is 5.64. The molecule has 0 atom stereocenters. The zero-order valence-corrected chi connectivity index (χ0v) is 12.4. The Kier molecular flexibility index (Phi) is 4.13. The van der Waals surface area contributed by atoms with E-state index in [1.54, 1.807) is 4.90 Å². The van der Waals surface area contributed by atoms with E-state index in [-0.39, 0.29) is 6.03 Å². The van der Waals surface area contributed by atoms with E-state index in [0.29, 0.717) is 0 Å². The summed E-state index contributed by atoms with van der Waals surface area (Å²) >= 11 is 0. The van der Waals surface area contributed by atoms with Gasteiger partial charge in [-0.1, -0.05) is 13.0 Å². The van der Waals surface area contributed by atoms with Gasteiger partial charge in [-0.15, -0.1) is 0 Å². The smallest absolute Gasteiger partial charge is 0.324 e. The minimum absolute atomic E-state index is 0.122. The average Bonchev–Trinajstić information content (AvgIpc) is 2.37. The molecule has 1 saturated heterocycles. The number of piperidine rings is 1. The number of aryl methyl sites for hydroxylation is 2. The molecule has 1 heterocycles. The Balaban J connectivity index is 2.10. The maximum atomic E-state index is 12.5. The molecule has 0 aliphatic carbocycles. The van der Waals surface area contributed by atoms with Crippen LogP contribution in [0.3, 0.4) is 0 Å². The van der Waals surface area contributed by atoms with Gasteiger partial charge in [0.1, 0.15) is 0 Å². The molecule has 1 aliphatic heterocycles. The molecule has 3 heteroatoms. The second-order valence-corrected chi connectivity index (χ2v) is 5.86. The zero-order chi connectivity index (χ0) is 14.0. The number of hydrogen-bond acceptors (Lipinski definition) is 1. The fourth-order valence-electron chi connectivity index (χ4n) is 2.67. The summed E-state index contributed by atoms with van der Waals surface area (Å²) < 4.78 is 0. The fraction of sp³-hybridized carbons (Fsp3) is 0.562. The molecule has 104 valence electrons. The maximum Gasteiger partial charge on any atom is 0.324 e. The maximum absolute atomic E-state index is 12.5. The highest BCUT2D eigenvalue weighted by atomic mass is 16.2. The molecule has 0 N–H and O–H groups in total. The van der Waals surface area contributed by atoms with Gasteiger partial charge in [0.05, 0.1) is 0 Å². The van der Waals surface area contributed by atoms with Crippen LogP contribution in [0.1, 0.15) is 30.9 Å². The Labute approximate surface area is 116 Å². The Morgan fingerprint density at radius 1 is 1.16 bits per heavy atom. The summed E-state index contributed by atoms with van der Waals surface area (Å²) in [6, 6.07) is 6.39. The number of nitrogens with zero attached hydrogens (tertiary/aromatic N) is 2. The van der Waals surface area contributed by atoms with Crippen LogP contribution in [0.15, 0.2) is 18.2 Å². The molecule has 0 unspecified atom stereocenters. The van der Waals surface area contributed by atoms with E-state index in [0.717, 1.165) is 37.5 Å². The monoisotopic (exact) mass is 260 g/mol. The summed E-state index contributed by atoms with van der Waals surface area (Å²) in [5.41, 5.74) is 3.38. The number of carbonyl (C=O) groups excluding carboxylic acids is 1. The van der Waals surface area contributed by atoms with Crippen molar-refractivity contribution in [2.24, 2.45) is 5.92 Å². The van der Waals surface area contributed by atoms with Gasteiger partial charge >= 0.3 is 6.03 Å². The highest BCUT2D eigenvalue weighted by Gasteiger charge is 2.23. The van der Waals surface area contributed by atoms with Gasteiger partial charge in [0, 0.05) is 25.8 Å². The summed E-state index contributed by atoms with van der Waals surface area (Å²) in [6.07, 6.45) is 2.23. The Hall–Kier alpha value is -1.51. The molecule has 1 aliphatic rings. The van der Waals surface area contributed by atoms with Crippen LogP contribution >= 0.6 is 0 Å². The number of hydrogen-bond donors (Lipinski definition) is 0. The molecule has 0 aromatic heterocycles. The summed E-state index contributed by atoms with van der Waals surface area (Å²) in [5.74, 6) is 0.746. The van der Waals surface area contributed by atoms with Crippen LogP contribution in [0.25, 0.3) is 0 Å². The van der Waals surface area contributed by atoms with Crippen molar-refractivity contribution in [1.29, 1.82) is 0 Å². The predicted molar refractivity (Wildman–Crippen MR) is 79.7 cm³/mol. The van der Waals surface area contributed by atoms with Gasteiger partial charge in [-0.25, -0.2) is 4.79 Å². The molecule has 0 bridgehead atoms. The molecule has 0 spiro atoms. The summed E-state index contributed by atoms with van der Waals surface area (Å²) in [5, 5.41) is 0. The van der Waals surface area contributed by atoms with Gasteiger partial charge in [0.25, 0.3) is 0 Å². The van der Waals surface area contributed by atoms with Crippen molar-refractivity contribution in [2.45, 2.75) is 33.6 Å². The van der Waals surface area contributed by atoms with Crippen LogP contribution in [-0.4, -0.2) is 31.1 Å². The number of rotatable bonds is 1. The Morgan fingerprint density at radius 3 is 2.21 bits per heavy atom. The molecule has 0 saturated carbocycles. The first-order chi connectivity index (χ1) is 8.97. The largest absolute Gasteiger partial charge is 0.324 e. The minimum Gasteiger partial charge on any atom is -0.324 e. The van der Waals surface area contributed by atoms with Crippen LogP contribution in [0.4, 0.5) is 10.5 Å². The van der Waals surface area contributed by atoms with Crippen LogP contribution in [0.2, 0.25) is 0 Å². The SMILES string of the molecule is Cc1cc(C)cc(N(C)C(=O)N2CCC(C)CC2)c1. The first-order valence-electron chi connectivity index (χ1n) is 7.08. The van der Waals surface area contributed by atoms with Crippen molar-refractivity contribution in [3.8, 4) is 0 Å². The van der Waals surface area contributed by atoms with Crippen molar-refractivity contribution in [3.63, 3.8) is 0 Å². The molecule has 1 fully saturated rings. The third-order valence-electron chi connectivity index (χ3n) is 3.93. The molecule has 2 rings (SSSR count). The van der Waals surface area contributed by atoms with Gasteiger partial charge in [0.15, 0.2) is 0 Å². The highest BCUT2D eigenvalue weighted by molar-refractivity contribution is 5.91. The lowest BCUT2D eigenvalue weighted by atomic mass is 9.99. The van der Waals surface area contributed by atoms with E-state index in [4.69, 9.17) is 0 Å². The normalized spacial score (nSPS) is 16.5. The summed E-state index contributed by atoms with van der Waals surface area (Å²) in [7, 11) is 1.87. The molecular weight excluding hydrogens is 236 g/mol. The van der Waals surface area contributed by atoms with Gasteiger partial charge < -0.3 is 4.90 Å². The van der Waals surface area contributed by atoms with Gasteiger partial charge in [-0.3, -0.25) is 4.90 Å². The van der Waals surface area contributed by atoms with E-state index in [9.17, 15) is 4.79 Å². The van der Waals surface area contributed by atoms with Crippen LogP contribution in [-0.2, 0) is 0 Å². The molecule has 19 heavy (non-hydrogen) atoms. The van der Waals surface area contributed by atoms with Crippen molar-refractivity contribution in [2.75, 3.05) is 25.0 Å². The zero-order valence-electron chi connectivity index (χ0n) is 12.4. The average molecular weight is 260 g/mol. The number of benzene rings is 1. The highest BCUT2D eigenvalue weighted by Crippen LogP contribution is 2.21. The third kappa shape index (κ3) is 3.28. The van der Waals surface area contributed by atoms with Gasteiger partial charge in [0.2, 0.25) is 0 Å². The van der Waals surface area contributed by atoms with Crippen LogP contribution in [0.5, 0.6) is 0 Å². The third-order valence-corrected chi connectivity index (χ3v) is 3.93. The van der Waals surface area contributed by atoms with Crippen molar-refractivity contribution in [1.82, 2.24) is 4.90 Å². The Bertz CT molecular complexity index is 442.